The molecule has 0 unspecified atom stereocenters. The molecule has 0 heterocycles. The number of hydrogen-bond donors (Lipinski definition) is 1. The second kappa shape index (κ2) is 4.25. The molecule has 0 aliphatic heterocycles. The van der Waals surface area contributed by atoms with Crippen LogP contribution in [0.5, 0.6) is 5.75 Å². The molecular formula is C13H10O4. The molecule has 0 spiro atoms. The Morgan fingerprint density at radius 1 is 1.06 bits per heavy atom. The molecule has 1 N–H and O–H groups in total. The third-order valence-electron chi connectivity index (χ3n) is 2.54. The van der Waals surface area contributed by atoms with E-state index in [0.29, 0.717) is 11.1 Å². The summed E-state index contributed by atoms with van der Waals surface area (Å²) in [5.74, 6) is -1.76. The van der Waals surface area contributed by atoms with Crippen LogP contribution in [0, 0.1) is 0 Å². The first-order valence-electron chi connectivity index (χ1n) is 4.98. The Kier molecular flexibility index (Phi) is 2.78. The predicted octanol–water partition coefficient (Wildman–Crippen LogP) is 2.12. The van der Waals surface area contributed by atoms with E-state index in [1.54, 1.807) is 30.3 Å². The van der Waals surface area contributed by atoms with Crippen molar-refractivity contribution in [2.45, 2.75) is 0 Å². The van der Waals surface area contributed by atoms with Gasteiger partial charge in [-0.1, -0.05) is 24.3 Å². The van der Waals surface area contributed by atoms with E-state index < -0.39 is 11.8 Å². The highest BCUT2D eigenvalue weighted by molar-refractivity contribution is 6.42. The minimum Gasteiger partial charge on any atom is -0.496 e. The largest absolute Gasteiger partial charge is 0.496 e. The summed E-state index contributed by atoms with van der Waals surface area (Å²) in [5, 5.41) is 10.0. The molecule has 0 saturated heterocycles. The van der Waals surface area contributed by atoms with Gasteiger partial charge in [0.1, 0.15) is 5.75 Å². The Morgan fingerprint density at radius 2 is 1.71 bits per heavy atom. The molecule has 4 heteroatoms. The summed E-state index contributed by atoms with van der Waals surface area (Å²) in [6, 6.07) is 10.1. The highest BCUT2D eigenvalue weighted by atomic mass is 16.5. The van der Waals surface area contributed by atoms with Crippen LogP contribution in [0.3, 0.4) is 0 Å². The lowest BCUT2D eigenvalue weighted by Crippen LogP contribution is -2.13. The van der Waals surface area contributed by atoms with Crippen LogP contribution in [0.2, 0.25) is 0 Å². The van der Waals surface area contributed by atoms with E-state index in [4.69, 9.17) is 9.84 Å². The summed E-state index contributed by atoms with van der Waals surface area (Å²) in [4.78, 5) is 22.2. The summed E-state index contributed by atoms with van der Waals surface area (Å²) >= 11 is 0. The summed E-state index contributed by atoms with van der Waals surface area (Å²) in [7, 11) is 1.53. The zero-order chi connectivity index (χ0) is 12.4. The maximum absolute atomic E-state index is 11.5. The van der Waals surface area contributed by atoms with Crippen molar-refractivity contribution in [3.05, 3.63) is 42.0 Å². The molecule has 0 atom stereocenters. The molecule has 0 aliphatic rings. The Bertz CT molecular complexity index is 601. The second-order valence-electron chi connectivity index (χ2n) is 3.50. The fourth-order valence-corrected chi connectivity index (χ4v) is 1.76. The Hall–Kier alpha value is -2.36. The van der Waals surface area contributed by atoms with Crippen molar-refractivity contribution in [2.75, 3.05) is 7.11 Å². The van der Waals surface area contributed by atoms with Gasteiger partial charge in [-0.25, -0.2) is 4.79 Å². The molecule has 17 heavy (non-hydrogen) atoms. The number of fused-ring (bicyclic) bond motifs is 1. The van der Waals surface area contributed by atoms with Gasteiger partial charge in [0.15, 0.2) is 0 Å². The Morgan fingerprint density at radius 3 is 2.29 bits per heavy atom. The van der Waals surface area contributed by atoms with Gasteiger partial charge in [-0.2, -0.15) is 0 Å². The number of Topliss-reactive ketones (excluding diaryl/α,β-unsaturated/α-hetero) is 1. The Labute approximate surface area is 97.4 Å². The summed E-state index contributed by atoms with van der Waals surface area (Å²) in [5.41, 5.74) is 0.175. The van der Waals surface area contributed by atoms with Crippen molar-refractivity contribution < 1.29 is 19.4 Å². The van der Waals surface area contributed by atoms with Crippen LogP contribution in [0.4, 0.5) is 0 Å². The SMILES string of the molecule is COc1ccc(C(=O)C(=O)O)c2ccccc12. The predicted molar refractivity (Wildman–Crippen MR) is 62.5 cm³/mol. The maximum Gasteiger partial charge on any atom is 0.377 e. The third kappa shape index (κ3) is 1.85. The zero-order valence-corrected chi connectivity index (χ0v) is 9.14. The first kappa shape index (κ1) is 11.1. The van der Waals surface area contributed by atoms with Crippen molar-refractivity contribution >= 4 is 22.5 Å². The van der Waals surface area contributed by atoms with Crippen molar-refractivity contribution in [3.63, 3.8) is 0 Å². The second-order valence-corrected chi connectivity index (χ2v) is 3.50. The third-order valence-corrected chi connectivity index (χ3v) is 2.54. The minimum atomic E-state index is -1.46. The van der Waals surface area contributed by atoms with Gasteiger partial charge in [-0.3, -0.25) is 4.79 Å². The normalized spacial score (nSPS) is 10.2. The molecule has 4 nitrogen and oxygen atoms in total. The molecule has 0 radical (unpaired) electrons. The molecule has 0 amide bonds. The van der Waals surface area contributed by atoms with Crippen molar-refractivity contribution in [3.8, 4) is 5.75 Å². The van der Waals surface area contributed by atoms with Crippen LogP contribution >= 0.6 is 0 Å². The highest BCUT2D eigenvalue weighted by Crippen LogP contribution is 2.28. The van der Waals surface area contributed by atoms with Crippen molar-refractivity contribution in [1.82, 2.24) is 0 Å². The molecule has 86 valence electrons. The van der Waals surface area contributed by atoms with E-state index in [1.807, 2.05) is 0 Å². The number of methoxy groups -OCH3 is 1. The minimum absolute atomic E-state index is 0.175. The number of carboxylic acid groups (broad SMARTS) is 1. The number of rotatable bonds is 3. The molecular weight excluding hydrogens is 220 g/mol. The molecule has 0 bridgehead atoms. The molecule has 0 aliphatic carbocycles. The zero-order valence-electron chi connectivity index (χ0n) is 9.14. The molecule has 2 aromatic carbocycles. The van der Waals surface area contributed by atoms with Crippen LogP contribution < -0.4 is 4.74 Å². The number of ketones is 1. The van der Waals surface area contributed by atoms with Gasteiger partial charge < -0.3 is 9.84 Å². The van der Waals surface area contributed by atoms with E-state index >= 15 is 0 Å². The molecule has 2 rings (SSSR count). The summed E-state index contributed by atoms with van der Waals surface area (Å²) in [6.45, 7) is 0. The van der Waals surface area contributed by atoms with Crippen LogP contribution in [-0.4, -0.2) is 24.0 Å². The first-order chi connectivity index (χ1) is 8.15. The molecule has 2 aromatic rings. The summed E-state index contributed by atoms with van der Waals surface area (Å²) < 4.78 is 5.16. The van der Waals surface area contributed by atoms with Crippen LogP contribution in [0.15, 0.2) is 36.4 Å². The van der Waals surface area contributed by atoms with E-state index in [9.17, 15) is 9.59 Å². The number of ether oxygens (including phenoxy) is 1. The van der Waals surface area contributed by atoms with Crippen LogP contribution in [0.25, 0.3) is 10.8 Å². The average molecular weight is 230 g/mol. The van der Waals surface area contributed by atoms with Crippen molar-refractivity contribution in [1.29, 1.82) is 0 Å². The van der Waals surface area contributed by atoms with E-state index in [2.05, 4.69) is 0 Å². The van der Waals surface area contributed by atoms with E-state index in [0.717, 1.165) is 5.39 Å². The van der Waals surface area contributed by atoms with Gasteiger partial charge >= 0.3 is 5.97 Å². The number of carbonyl (C=O) groups excluding carboxylic acids is 1. The smallest absolute Gasteiger partial charge is 0.377 e. The fourth-order valence-electron chi connectivity index (χ4n) is 1.76. The quantitative estimate of drug-likeness (QED) is 0.648. The van der Waals surface area contributed by atoms with Gasteiger partial charge in [0.25, 0.3) is 5.78 Å². The van der Waals surface area contributed by atoms with E-state index in [-0.39, 0.29) is 5.56 Å². The summed E-state index contributed by atoms with van der Waals surface area (Å²) in [6.07, 6.45) is 0. The first-order valence-corrected chi connectivity index (χ1v) is 4.98. The monoisotopic (exact) mass is 230 g/mol. The van der Waals surface area contributed by atoms with Crippen LogP contribution in [0.1, 0.15) is 10.4 Å². The van der Waals surface area contributed by atoms with Crippen molar-refractivity contribution in [2.24, 2.45) is 0 Å². The maximum atomic E-state index is 11.5. The Balaban J connectivity index is 2.75. The van der Waals surface area contributed by atoms with Gasteiger partial charge in [0.05, 0.1) is 7.11 Å². The topological polar surface area (TPSA) is 63.6 Å². The lowest BCUT2D eigenvalue weighted by Gasteiger charge is -2.08. The number of aliphatic carboxylic acids is 1. The van der Waals surface area contributed by atoms with Gasteiger partial charge in [-0.15, -0.1) is 0 Å². The molecule has 0 aromatic heterocycles. The average Bonchev–Trinajstić information content (AvgIpc) is 2.36. The number of hydrogen-bond acceptors (Lipinski definition) is 3. The number of benzene rings is 2. The van der Waals surface area contributed by atoms with E-state index in [1.165, 1.54) is 13.2 Å². The lowest BCUT2D eigenvalue weighted by molar-refractivity contribution is -0.131. The highest BCUT2D eigenvalue weighted by Gasteiger charge is 2.18. The van der Waals surface area contributed by atoms with Crippen LogP contribution in [-0.2, 0) is 4.79 Å². The number of carbonyl (C=O) groups is 2. The lowest BCUT2D eigenvalue weighted by atomic mass is 10.0. The molecule has 0 fully saturated rings. The number of carboxylic acids is 1. The standard InChI is InChI=1S/C13H10O4/c1-17-11-7-6-10(12(14)13(15)16)8-4-2-3-5-9(8)11/h2-7H,1H3,(H,15,16). The van der Waals surface area contributed by atoms with Gasteiger partial charge in [0, 0.05) is 10.9 Å². The van der Waals surface area contributed by atoms with Gasteiger partial charge in [-0.05, 0) is 17.5 Å². The molecule has 0 saturated carbocycles. The van der Waals surface area contributed by atoms with Gasteiger partial charge in [0.2, 0.25) is 0 Å². The fraction of sp³-hybridized carbons (Fsp3) is 0.0769.